The van der Waals surface area contributed by atoms with Crippen LogP contribution in [0, 0.1) is 5.41 Å². The van der Waals surface area contributed by atoms with Crippen LogP contribution in [0.3, 0.4) is 0 Å². The highest BCUT2D eigenvalue weighted by atomic mass is 16.1. The molecule has 2 heterocycles. The van der Waals surface area contributed by atoms with Crippen molar-refractivity contribution in [2.24, 2.45) is 5.73 Å². The number of carbonyl (C=O) groups excluding carboxylic acids is 1. The fraction of sp³-hybridized carbons (Fsp3) is 0.118. The molecule has 0 aliphatic rings. The molecule has 1 aromatic carbocycles. The number of guanidine groups is 1. The van der Waals surface area contributed by atoms with Gasteiger partial charge in [-0.2, -0.15) is 0 Å². The minimum Gasteiger partial charge on any atom is -0.370 e. The Labute approximate surface area is 139 Å². The molecule has 7 heteroatoms. The number of aromatic amines is 1. The lowest BCUT2D eigenvalue weighted by Gasteiger charge is -2.16. The molecule has 3 aromatic rings. The summed E-state index contributed by atoms with van der Waals surface area (Å²) in [5, 5.41) is 11.1. The number of amides is 1. The zero-order chi connectivity index (χ0) is 17.1. The van der Waals surface area contributed by atoms with Gasteiger partial charge < -0.3 is 20.9 Å². The number of nitrogens with one attached hydrogen (secondary N) is 3. The maximum Gasteiger partial charge on any atom is 0.255 e. The largest absolute Gasteiger partial charge is 0.370 e. The Morgan fingerprint density at radius 2 is 2.04 bits per heavy atom. The lowest BCUT2D eigenvalue weighted by atomic mass is 10.1. The summed E-state index contributed by atoms with van der Waals surface area (Å²) in [6.45, 7) is 0.519. The highest BCUT2D eigenvalue weighted by Gasteiger charge is 2.10. The highest BCUT2D eigenvalue weighted by molar-refractivity contribution is 6.08. The van der Waals surface area contributed by atoms with Crippen LogP contribution in [0.1, 0.15) is 15.9 Å². The minimum absolute atomic E-state index is 0.00465. The minimum atomic E-state index is -0.185. The smallest absolute Gasteiger partial charge is 0.255 e. The van der Waals surface area contributed by atoms with E-state index in [1.807, 2.05) is 18.2 Å². The van der Waals surface area contributed by atoms with E-state index in [1.54, 1.807) is 42.5 Å². The van der Waals surface area contributed by atoms with Gasteiger partial charge in [0, 0.05) is 36.9 Å². The summed E-state index contributed by atoms with van der Waals surface area (Å²) in [6.07, 6.45) is 3.43. The zero-order valence-electron chi connectivity index (χ0n) is 13.2. The number of benzene rings is 1. The number of hydrogen-bond acceptors (Lipinski definition) is 3. The molecule has 0 unspecified atom stereocenters. The molecule has 5 N–H and O–H groups in total. The van der Waals surface area contributed by atoms with E-state index in [-0.39, 0.29) is 11.9 Å². The molecule has 0 bridgehead atoms. The Balaban J connectivity index is 1.73. The fourth-order valence-corrected chi connectivity index (χ4v) is 2.38. The monoisotopic (exact) mass is 322 g/mol. The maximum atomic E-state index is 12.4. The van der Waals surface area contributed by atoms with Crippen molar-refractivity contribution in [1.29, 1.82) is 5.41 Å². The van der Waals surface area contributed by atoms with Gasteiger partial charge in [0.05, 0.1) is 5.69 Å². The van der Waals surface area contributed by atoms with Crippen molar-refractivity contribution >= 4 is 28.6 Å². The van der Waals surface area contributed by atoms with E-state index in [0.29, 0.717) is 17.8 Å². The molecule has 24 heavy (non-hydrogen) atoms. The van der Waals surface area contributed by atoms with Crippen molar-refractivity contribution in [3.63, 3.8) is 0 Å². The van der Waals surface area contributed by atoms with Gasteiger partial charge in [-0.15, -0.1) is 0 Å². The number of carbonyl (C=O) groups is 1. The number of rotatable bonds is 4. The Morgan fingerprint density at radius 1 is 1.29 bits per heavy atom. The van der Waals surface area contributed by atoms with Gasteiger partial charge in [0.2, 0.25) is 0 Å². The number of aromatic nitrogens is 2. The normalized spacial score (nSPS) is 10.5. The van der Waals surface area contributed by atoms with Crippen molar-refractivity contribution in [1.82, 2.24) is 14.9 Å². The number of hydrogen-bond donors (Lipinski definition) is 4. The predicted octanol–water partition coefficient (Wildman–Crippen LogP) is 2.14. The molecule has 122 valence electrons. The third kappa shape index (κ3) is 3.19. The van der Waals surface area contributed by atoms with Crippen molar-refractivity contribution < 1.29 is 4.79 Å². The maximum absolute atomic E-state index is 12.4. The molecule has 0 atom stereocenters. The summed E-state index contributed by atoms with van der Waals surface area (Å²) in [5.74, 6) is -0.180. The van der Waals surface area contributed by atoms with Gasteiger partial charge in [-0.25, -0.2) is 4.98 Å². The van der Waals surface area contributed by atoms with Crippen molar-refractivity contribution in [2.75, 3.05) is 12.4 Å². The summed E-state index contributed by atoms with van der Waals surface area (Å²) in [6, 6.07) is 10.9. The van der Waals surface area contributed by atoms with Crippen molar-refractivity contribution in [3.05, 3.63) is 59.9 Å². The van der Waals surface area contributed by atoms with Crippen LogP contribution >= 0.6 is 0 Å². The van der Waals surface area contributed by atoms with E-state index in [1.165, 1.54) is 0 Å². The van der Waals surface area contributed by atoms with Crippen molar-refractivity contribution in [3.8, 4) is 0 Å². The molecular formula is C17H18N6O. The molecular weight excluding hydrogens is 304 g/mol. The number of H-pyrrole nitrogens is 1. The SMILES string of the molecule is CN(Cc1ccc(C(=O)Nc2ccnc3[nH]ccc23)cc1)C(=N)N. The predicted molar refractivity (Wildman–Crippen MR) is 93.9 cm³/mol. The molecule has 2 aromatic heterocycles. The first-order chi connectivity index (χ1) is 11.5. The molecule has 0 saturated carbocycles. The van der Waals surface area contributed by atoms with Crippen molar-refractivity contribution in [2.45, 2.75) is 6.54 Å². The van der Waals surface area contributed by atoms with Crippen LogP contribution in [0.15, 0.2) is 48.8 Å². The lowest BCUT2D eigenvalue weighted by Crippen LogP contribution is -2.32. The van der Waals surface area contributed by atoms with E-state index >= 15 is 0 Å². The van der Waals surface area contributed by atoms with E-state index in [9.17, 15) is 4.79 Å². The Hall–Kier alpha value is -3.35. The van der Waals surface area contributed by atoms with Gasteiger partial charge in [-0.3, -0.25) is 10.2 Å². The summed E-state index contributed by atoms with van der Waals surface area (Å²) in [4.78, 5) is 21.2. The Morgan fingerprint density at radius 3 is 2.75 bits per heavy atom. The summed E-state index contributed by atoms with van der Waals surface area (Å²) >= 11 is 0. The molecule has 0 saturated heterocycles. The van der Waals surface area contributed by atoms with Crippen LogP contribution in [0.5, 0.6) is 0 Å². The topological polar surface area (TPSA) is 111 Å². The standard InChI is InChI=1S/C17H18N6O/c1-23(17(18)19)10-11-2-4-12(5-3-11)16(24)22-14-7-9-21-15-13(14)6-8-20-15/h2-9H,10H2,1H3,(H3,18,19)(H2,20,21,22,24). The van der Waals surface area contributed by atoms with Crippen LogP contribution in [-0.4, -0.2) is 33.8 Å². The van der Waals surface area contributed by atoms with Crippen LogP contribution in [0.25, 0.3) is 11.0 Å². The molecule has 0 spiro atoms. The zero-order valence-corrected chi connectivity index (χ0v) is 13.2. The lowest BCUT2D eigenvalue weighted by molar-refractivity contribution is 0.102. The quantitative estimate of drug-likeness (QED) is 0.435. The van der Waals surface area contributed by atoms with Gasteiger partial charge >= 0.3 is 0 Å². The van der Waals surface area contributed by atoms with Crippen LogP contribution in [-0.2, 0) is 6.54 Å². The first-order valence-electron chi connectivity index (χ1n) is 7.42. The molecule has 7 nitrogen and oxygen atoms in total. The van der Waals surface area contributed by atoms with Gasteiger partial charge in [0.15, 0.2) is 5.96 Å². The number of nitrogens with two attached hydrogens (primary N) is 1. The van der Waals surface area contributed by atoms with Crippen LogP contribution in [0.4, 0.5) is 5.69 Å². The third-order valence-electron chi connectivity index (χ3n) is 3.76. The molecule has 3 rings (SSSR count). The van der Waals surface area contributed by atoms with Crippen LogP contribution < -0.4 is 11.1 Å². The van der Waals surface area contributed by atoms with Gasteiger partial charge in [0.25, 0.3) is 5.91 Å². The van der Waals surface area contributed by atoms with E-state index in [2.05, 4.69) is 15.3 Å². The third-order valence-corrected chi connectivity index (χ3v) is 3.76. The van der Waals surface area contributed by atoms with Gasteiger partial charge in [-0.1, -0.05) is 12.1 Å². The second-order valence-corrected chi connectivity index (χ2v) is 5.49. The summed E-state index contributed by atoms with van der Waals surface area (Å²) in [7, 11) is 1.74. The molecule has 0 aliphatic heterocycles. The summed E-state index contributed by atoms with van der Waals surface area (Å²) in [5.41, 5.74) is 8.40. The van der Waals surface area contributed by atoms with Gasteiger partial charge in [0.1, 0.15) is 5.65 Å². The first-order valence-corrected chi connectivity index (χ1v) is 7.42. The summed E-state index contributed by atoms with van der Waals surface area (Å²) < 4.78 is 0. The van der Waals surface area contributed by atoms with Gasteiger partial charge in [-0.05, 0) is 29.8 Å². The molecule has 1 amide bonds. The average molecular weight is 322 g/mol. The van der Waals surface area contributed by atoms with E-state index < -0.39 is 0 Å². The average Bonchev–Trinajstić information content (AvgIpc) is 3.05. The second kappa shape index (κ2) is 6.41. The number of anilines is 1. The van der Waals surface area contributed by atoms with E-state index in [4.69, 9.17) is 11.1 Å². The highest BCUT2D eigenvalue weighted by Crippen LogP contribution is 2.21. The van der Waals surface area contributed by atoms with E-state index in [0.717, 1.165) is 16.6 Å². The molecule has 0 radical (unpaired) electrons. The fourth-order valence-electron chi connectivity index (χ4n) is 2.38. The second-order valence-electron chi connectivity index (χ2n) is 5.49. The Kier molecular flexibility index (Phi) is 4.15. The molecule has 0 fully saturated rings. The Bertz CT molecular complexity index is 883. The number of nitrogens with zero attached hydrogens (tertiary/aromatic N) is 2. The number of pyridine rings is 1. The van der Waals surface area contributed by atoms with Crippen LogP contribution in [0.2, 0.25) is 0 Å². The number of fused-ring (bicyclic) bond motifs is 1. The molecule has 0 aliphatic carbocycles. The first kappa shape index (κ1) is 15.5.